The zero-order chi connectivity index (χ0) is 10.8. The molecule has 0 saturated carbocycles. The highest BCUT2D eigenvalue weighted by molar-refractivity contribution is 5.11. The van der Waals surface area contributed by atoms with Crippen LogP contribution in [0.1, 0.15) is 26.7 Å². The molecule has 0 aromatic rings. The van der Waals surface area contributed by atoms with E-state index in [-0.39, 0.29) is 6.04 Å². The molecule has 80 valence electrons. The van der Waals surface area contributed by atoms with Gasteiger partial charge in [-0.05, 0) is 19.8 Å². The van der Waals surface area contributed by atoms with Crippen LogP contribution in [0.5, 0.6) is 0 Å². The summed E-state index contributed by atoms with van der Waals surface area (Å²) in [5.74, 6) is 0. The fourth-order valence-electron chi connectivity index (χ4n) is 0.854. The minimum absolute atomic E-state index is 0.163. The van der Waals surface area contributed by atoms with E-state index in [0.717, 1.165) is 6.42 Å². The second kappa shape index (κ2) is 8.73. The molecule has 0 aliphatic heterocycles. The molecule has 0 aromatic carbocycles. The highest BCUT2D eigenvalue weighted by atomic mass is 16.3. The number of aliphatic hydroxyl groups is 1. The van der Waals surface area contributed by atoms with Gasteiger partial charge < -0.3 is 10.8 Å². The summed E-state index contributed by atoms with van der Waals surface area (Å²) in [6, 6.07) is -0.163. The predicted molar refractivity (Wildman–Crippen MR) is 62.0 cm³/mol. The van der Waals surface area contributed by atoms with E-state index in [4.69, 9.17) is 5.73 Å². The second-order valence-corrected chi connectivity index (χ2v) is 3.31. The Morgan fingerprint density at radius 1 is 1.14 bits per heavy atom. The van der Waals surface area contributed by atoms with Gasteiger partial charge in [-0.2, -0.15) is 0 Å². The minimum atomic E-state index is -0.439. The number of hydrogen-bond acceptors (Lipinski definition) is 2. The van der Waals surface area contributed by atoms with Crippen molar-refractivity contribution in [3.8, 4) is 0 Å². The number of aliphatic hydroxyl groups excluding tert-OH is 1. The van der Waals surface area contributed by atoms with Crippen molar-refractivity contribution < 1.29 is 5.11 Å². The highest BCUT2D eigenvalue weighted by Gasteiger charge is 2.05. The second-order valence-electron chi connectivity index (χ2n) is 3.31. The summed E-state index contributed by atoms with van der Waals surface area (Å²) in [5, 5.41) is 9.35. The van der Waals surface area contributed by atoms with Crippen LogP contribution in [0.15, 0.2) is 36.5 Å². The molecule has 2 atom stereocenters. The number of rotatable bonds is 6. The quantitative estimate of drug-likeness (QED) is 0.638. The van der Waals surface area contributed by atoms with Gasteiger partial charge in [-0.3, -0.25) is 0 Å². The van der Waals surface area contributed by atoms with E-state index in [9.17, 15) is 5.11 Å². The molecule has 14 heavy (non-hydrogen) atoms. The molecular formula is C12H21NO. The molecule has 0 fully saturated rings. The van der Waals surface area contributed by atoms with Crippen molar-refractivity contribution in [1.82, 2.24) is 0 Å². The van der Waals surface area contributed by atoms with Crippen molar-refractivity contribution in [3.05, 3.63) is 36.5 Å². The van der Waals surface area contributed by atoms with Crippen molar-refractivity contribution in [2.24, 2.45) is 5.73 Å². The van der Waals surface area contributed by atoms with Crippen LogP contribution in [0.2, 0.25) is 0 Å². The molecule has 0 bridgehead atoms. The summed E-state index contributed by atoms with van der Waals surface area (Å²) in [4.78, 5) is 0. The fourth-order valence-corrected chi connectivity index (χ4v) is 0.854. The maximum atomic E-state index is 9.35. The molecule has 0 radical (unpaired) electrons. The monoisotopic (exact) mass is 195 g/mol. The predicted octanol–water partition coefficient (Wildman–Crippen LogP) is 2.16. The van der Waals surface area contributed by atoms with E-state index < -0.39 is 6.10 Å². The topological polar surface area (TPSA) is 46.2 Å². The lowest BCUT2D eigenvalue weighted by Gasteiger charge is -2.10. The first kappa shape index (κ1) is 13.1. The van der Waals surface area contributed by atoms with Crippen LogP contribution in [0.3, 0.4) is 0 Å². The smallest absolute Gasteiger partial charge is 0.0722 e. The molecule has 0 spiro atoms. The van der Waals surface area contributed by atoms with Crippen LogP contribution in [0, 0.1) is 0 Å². The van der Waals surface area contributed by atoms with E-state index in [1.807, 2.05) is 30.4 Å². The Morgan fingerprint density at radius 2 is 1.71 bits per heavy atom. The third-order valence-corrected chi connectivity index (χ3v) is 1.83. The van der Waals surface area contributed by atoms with Gasteiger partial charge in [0.05, 0.1) is 6.10 Å². The Morgan fingerprint density at radius 3 is 2.21 bits per heavy atom. The molecule has 0 aliphatic rings. The van der Waals surface area contributed by atoms with E-state index in [1.54, 1.807) is 6.92 Å². The molecule has 0 rings (SSSR count). The molecule has 0 unspecified atom stereocenters. The highest BCUT2D eigenvalue weighted by Crippen LogP contribution is 1.97. The van der Waals surface area contributed by atoms with Crippen molar-refractivity contribution in [1.29, 1.82) is 0 Å². The van der Waals surface area contributed by atoms with Gasteiger partial charge in [-0.25, -0.2) is 0 Å². The number of allylic oxidation sites excluding steroid dienone is 5. The van der Waals surface area contributed by atoms with Gasteiger partial charge in [0.1, 0.15) is 0 Å². The van der Waals surface area contributed by atoms with Gasteiger partial charge in [0.15, 0.2) is 0 Å². The van der Waals surface area contributed by atoms with Gasteiger partial charge in [0, 0.05) is 6.04 Å². The lowest BCUT2D eigenvalue weighted by Crippen LogP contribution is -2.30. The average molecular weight is 195 g/mol. The summed E-state index contributed by atoms with van der Waals surface area (Å²) >= 11 is 0. The normalized spacial score (nSPS) is 17.1. The van der Waals surface area contributed by atoms with Gasteiger partial charge >= 0.3 is 0 Å². The molecule has 0 saturated heterocycles. The molecule has 0 amide bonds. The van der Waals surface area contributed by atoms with Gasteiger partial charge in [-0.1, -0.05) is 43.4 Å². The maximum absolute atomic E-state index is 9.35. The molecule has 0 aromatic heterocycles. The van der Waals surface area contributed by atoms with Crippen LogP contribution in [0.25, 0.3) is 0 Å². The summed E-state index contributed by atoms with van der Waals surface area (Å²) in [6.45, 7) is 3.90. The first-order valence-electron chi connectivity index (χ1n) is 5.10. The average Bonchev–Trinajstić information content (AvgIpc) is 2.16. The van der Waals surface area contributed by atoms with Gasteiger partial charge in [-0.15, -0.1) is 0 Å². The standard InChI is InChI=1S/C12H21NO/c1-3-4-5-6-7-8-9-10-12(14)11(2)13/h4-9,11-12,14H,3,10,13H2,1-2H3/t11-,12-/m0/s1. The summed E-state index contributed by atoms with van der Waals surface area (Å²) in [7, 11) is 0. The Hall–Kier alpha value is -0.860. The minimum Gasteiger partial charge on any atom is -0.391 e. The van der Waals surface area contributed by atoms with Crippen molar-refractivity contribution in [2.45, 2.75) is 38.8 Å². The van der Waals surface area contributed by atoms with E-state index in [0.29, 0.717) is 6.42 Å². The Bertz CT molecular complexity index is 204. The molecular weight excluding hydrogens is 174 g/mol. The van der Waals surface area contributed by atoms with Crippen LogP contribution in [-0.4, -0.2) is 17.3 Å². The Labute approximate surface area is 86.8 Å². The van der Waals surface area contributed by atoms with Crippen molar-refractivity contribution in [3.63, 3.8) is 0 Å². The zero-order valence-electron chi connectivity index (χ0n) is 9.06. The van der Waals surface area contributed by atoms with Crippen molar-refractivity contribution in [2.75, 3.05) is 0 Å². The Balaban J connectivity index is 3.63. The lowest BCUT2D eigenvalue weighted by atomic mass is 10.1. The lowest BCUT2D eigenvalue weighted by molar-refractivity contribution is 0.154. The summed E-state index contributed by atoms with van der Waals surface area (Å²) < 4.78 is 0. The van der Waals surface area contributed by atoms with Crippen molar-refractivity contribution >= 4 is 0 Å². The van der Waals surface area contributed by atoms with E-state index >= 15 is 0 Å². The molecule has 2 heteroatoms. The largest absolute Gasteiger partial charge is 0.391 e. The molecule has 0 aliphatic carbocycles. The zero-order valence-corrected chi connectivity index (χ0v) is 9.06. The fraction of sp³-hybridized carbons (Fsp3) is 0.500. The Kier molecular flexibility index (Phi) is 8.19. The first-order chi connectivity index (χ1) is 6.68. The molecule has 2 nitrogen and oxygen atoms in total. The first-order valence-corrected chi connectivity index (χ1v) is 5.10. The van der Waals surface area contributed by atoms with Gasteiger partial charge in [0.2, 0.25) is 0 Å². The van der Waals surface area contributed by atoms with Crippen LogP contribution < -0.4 is 5.73 Å². The van der Waals surface area contributed by atoms with Crippen LogP contribution in [0.4, 0.5) is 0 Å². The molecule has 0 heterocycles. The summed E-state index contributed by atoms with van der Waals surface area (Å²) in [6.07, 6.45) is 13.1. The maximum Gasteiger partial charge on any atom is 0.0722 e. The van der Waals surface area contributed by atoms with Gasteiger partial charge in [0.25, 0.3) is 0 Å². The SMILES string of the molecule is CCC=CC=CC=CC[C@H](O)[C@H](C)N. The number of hydrogen-bond donors (Lipinski definition) is 2. The number of nitrogens with two attached hydrogens (primary N) is 1. The van der Waals surface area contributed by atoms with E-state index in [2.05, 4.69) is 13.0 Å². The third-order valence-electron chi connectivity index (χ3n) is 1.83. The third kappa shape index (κ3) is 7.77. The summed E-state index contributed by atoms with van der Waals surface area (Å²) in [5.41, 5.74) is 5.50. The van der Waals surface area contributed by atoms with Crippen LogP contribution >= 0.6 is 0 Å². The molecule has 3 N–H and O–H groups in total. The van der Waals surface area contributed by atoms with E-state index in [1.165, 1.54) is 0 Å². The van der Waals surface area contributed by atoms with Crippen LogP contribution in [-0.2, 0) is 0 Å².